The van der Waals surface area contributed by atoms with E-state index >= 15 is 0 Å². The molecule has 5 nitrogen and oxygen atoms in total. The van der Waals surface area contributed by atoms with E-state index in [4.69, 9.17) is 5.11 Å². The number of carbonyl (C=O) groups is 1. The van der Waals surface area contributed by atoms with E-state index in [0.717, 1.165) is 24.4 Å². The molecule has 0 unspecified atom stereocenters. The van der Waals surface area contributed by atoms with Crippen LogP contribution in [0.4, 0.5) is 0 Å². The lowest BCUT2D eigenvalue weighted by Gasteiger charge is -2.14. The summed E-state index contributed by atoms with van der Waals surface area (Å²) in [7, 11) is 0. The fourth-order valence-corrected chi connectivity index (χ4v) is 2.79. The summed E-state index contributed by atoms with van der Waals surface area (Å²) in [6.07, 6.45) is 4.50. The van der Waals surface area contributed by atoms with Gasteiger partial charge < -0.3 is 9.67 Å². The molecule has 0 saturated carbocycles. The van der Waals surface area contributed by atoms with Crippen LogP contribution in [0.3, 0.4) is 0 Å². The van der Waals surface area contributed by atoms with Crippen LogP contribution in [0, 0.1) is 6.92 Å². The standard InChI is InChI=1S/C15H17N3O2/c1-10-16-12-6-2-3-8-14(12)18(10)9-11-5-4-7-13(17-11)15(19)20/h4-5,7H,2-3,6,8-9H2,1H3,(H,19,20). The van der Waals surface area contributed by atoms with Gasteiger partial charge in [-0.15, -0.1) is 0 Å². The van der Waals surface area contributed by atoms with E-state index in [1.54, 1.807) is 6.07 Å². The largest absolute Gasteiger partial charge is 0.477 e. The molecule has 0 bridgehead atoms. The number of aromatic nitrogens is 3. The maximum Gasteiger partial charge on any atom is 0.354 e. The molecule has 0 spiro atoms. The van der Waals surface area contributed by atoms with Gasteiger partial charge in [0, 0.05) is 5.69 Å². The fourth-order valence-electron chi connectivity index (χ4n) is 2.79. The summed E-state index contributed by atoms with van der Waals surface area (Å²) in [4.78, 5) is 19.8. The van der Waals surface area contributed by atoms with Crippen molar-refractivity contribution in [3.8, 4) is 0 Å². The van der Waals surface area contributed by atoms with Crippen molar-refractivity contribution < 1.29 is 9.90 Å². The number of pyridine rings is 1. The molecule has 5 heteroatoms. The number of fused-ring (bicyclic) bond motifs is 1. The van der Waals surface area contributed by atoms with Crippen molar-refractivity contribution in [1.82, 2.24) is 14.5 Å². The van der Waals surface area contributed by atoms with Crippen LogP contribution in [0.5, 0.6) is 0 Å². The number of carboxylic acids is 1. The molecule has 2 heterocycles. The van der Waals surface area contributed by atoms with Gasteiger partial charge in [0.05, 0.1) is 17.9 Å². The first-order valence-corrected chi connectivity index (χ1v) is 6.89. The van der Waals surface area contributed by atoms with Crippen LogP contribution in [-0.4, -0.2) is 25.6 Å². The van der Waals surface area contributed by atoms with E-state index in [2.05, 4.69) is 14.5 Å². The van der Waals surface area contributed by atoms with Gasteiger partial charge in [0.25, 0.3) is 0 Å². The summed E-state index contributed by atoms with van der Waals surface area (Å²) in [6, 6.07) is 5.12. The van der Waals surface area contributed by atoms with Gasteiger partial charge in [-0.05, 0) is 44.7 Å². The Kier molecular flexibility index (Phi) is 3.26. The van der Waals surface area contributed by atoms with Gasteiger partial charge in [-0.2, -0.15) is 0 Å². The van der Waals surface area contributed by atoms with Crippen molar-refractivity contribution in [1.29, 1.82) is 0 Å². The van der Waals surface area contributed by atoms with Crippen molar-refractivity contribution in [3.05, 3.63) is 46.8 Å². The highest BCUT2D eigenvalue weighted by molar-refractivity contribution is 5.85. The minimum Gasteiger partial charge on any atom is -0.477 e. The Morgan fingerprint density at radius 3 is 2.90 bits per heavy atom. The van der Waals surface area contributed by atoms with Gasteiger partial charge in [-0.1, -0.05) is 6.07 Å². The summed E-state index contributed by atoms with van der Waals surface area (Å²) >= 11 is 0. The van der Waals surface area contributed by atoms with Crippen LogP contribution in [0.15, 0.2) is 18.2 Å². The fraction of sp³-hybridized carbons (Fsp3) is 0.400. The maximum atomic E-state index is 11.0. The normalized spacial score (nSPS) is 14.1. The molecule has 0 saturated heterocycles. The third-order valence-electron chi connectivity index (χ3n) is 3.77. The van der Waals surface area contributed by atoms with E-state index in [1.807, 2.05) is 13.0 Å². The average molecular weight is 271 g/mol. The Morgan fingerprint density at radius 1 is 1.30 bits per heavy atom. The summed E-state index contributed by atoms with van der Waals surface area (Å²) in [5.41, 5.74) is 3.34. The molecular formula is C15H17N3O2. The number of nitrogens with zero attached hydrogens (tertiary/aromatic N) is 3. The number of imidazole rings is 1. The molecule has 1 aliphatic rings. The first kappa shape index (κ1) is 12.8. The van der Waals surface area contributed by atoms with Gasteiger partial charge in [0.2, 0.25) is 0 Å². The molecular weight excluding hydrogens is 254 g/mol. The predicted molar refractivity (Wildman–Crippen MR) is 73.9 cm³/mol. The van der Waals surface area contributed by atoms with Gasteiger partial charge in [0.1, 0.15) is 11.5 Å². The van der Waals surface area contributed by atoms with Crippen molar-refractivity contribution in [2.75, 3.05) is 0 Å². The number of aromatic carboxylic acids is 1. The minimum absolute atomic E-state index is 0.0918. The molecule has 20 heavy (non-hydrogen) atoms. The molecule has 0 radical (unpaired) electrons. The minimum atomic E-state index is -0.990. The molecule has 0 fully saturated rings. The van der Waals surface area contributed by atoms with Crippen LogP contribution in [-0.2, 0) is 19.4 Å². The molecule has 0 atom stereocenters. The lowest BCUT2D eigenvalue weighted by atomic mass is 10.0. The van der Waals surface area contributed by atoms with Gasteiger partial charge in [-0.3, -0.25) is 0 Å². The summed E-state index contributed by atoms with van der Waals surface area (Å²) < 4.78 is 2.17. The first-order chi connectivity index (χ1) is 9.65. The lowest BCUT2D eigenvalue weighted by Crippen LogP contribution is -2.12. The highest BCUT2D eigenvalue weighted by Crippen LogP contribution is 2.22. The van der Waals surface area contributed by atoms with Crippen molar-refractivity contribution in [2.24, 2.45) is 0 Å². The second-order valence-electron chi connectivity index (χ2n) is 5.16. The summed E-state index contributed by atoms with van der Waals surface area (Å²) in [5, 5.41) is 9.00. The predicted octanol–water partition coefficient (Wildman–Crippen LogP) is 2.21. The molecule has 1 aliphatic carbocycles. The third kappa shape index (κ3) is 2.31. The van der Waals surface area contributed by atoms with E-state index in [0.29, 0.717) is 6.54 Å². The Balaban J connectivity index is 1.93. The molecule has 1 N–H and O–H groups in total. The molecule has 2 aromatic heterocycles. The second kappa shape index (κ2) is 5.07. The van der Waals surface area contributed by atoms with E-state index in [1.165, 1.54) is 30.3 Å². The van der Waals surface area contributed by atoms with E-state index in [9.17, 15) is 4.79 Å². The van der Waals surface area contributed by atoms with Crippen LogP contribution in [0.2, 0.25) is 0 Å². The topological polar surface area (TPSA) is 68.0 Å². The zero-order chi connectivity index (χ0) is 14.1. The highest BCUT2D eigenvalue weighted by Gasteiger charge is 2.18. The number of hydrogen-bond donors (Lipinski definition) is 1. The zero-order valence-electron chi connectivity index (χ0n) is 11.5. The lowest BCUT2D eigenvalue weighted by molar-refractivity contribution is 0.0690. The van der Waals surface area contributed by atoms with E-state index in [-0.39, 0.29) is 5.69 Å². The van der Waals surface area contributed by atoms with Gasteiger partial charge in [0.15, 0.2) is 0 Å². The van der Waals surface area contributed by atoms with Crippen LogP contribution in [0.1, 0.15) is 46.2 Å². The summed E-state index contributed by atoms with van der Waals surface area (Å²) in [5.74, 6) is -0.00402. The molecule has 3 rings (SSSR count). The Labute approximate surface area is 117 Å². The van der Waals surface area contributed by atoms with Crippen molar-refractivity contribution in [3.63, 3.8) is 0 Å². The number of rotatable bonds is 3. The van der Waals surface area contributed by atoms with Crippen molar-refractivity contribution in [2.45, 2.75) is 39.2 Å². The van der Waals surface area contributed by atoms with Crippen LogP contribution < -0.4 is 0 Å². The molecule has 104 valence electrons. The van der Waals surface area contributed by atoms with Crippen LogP contribution in [0.25, 0.3) is 0 Å². The molecule has 0 amide bonds. The van der Waals surface area contributed by atoms with Gasteiger partial charge in [-0.25, -0.2) is 14.8 Å². The Bertz CT molecular complexity index is 661. The monoisotopic (exact) mass is 271 g/mol. The number of hydrogen-bond acceptors (Lipinski definition) is 3. The molecule has 2 aromatic rings. The van der Waals surface area contributed by atoms with Crippen LogP contribution >= 0.6 is 0 Å². The highest BCUT2D eigenvalue weighted by atomic mass is 16.4. The average Bonchev–Trinajstić information content (AvgIpc) is 2.76. The number of carboxylic acid groups (broad SMARTS) is 1. The second-order valence-corrected chi connectivity index (χ2v) is 5.16. The SMILES string of the molecule is Cc1nc2c(n1Cc1cccc(C(=O)O)n1)CCCC2. The first-order valence-electron chi connectivity index (χ1n) is 6.89. The quantitative estimate of drug-likeness (QED) is 0.929. The smallest absolute Gasteiger partial charge is 0.354 e. The van der Waals surface area contributed by atoms with E-state index < -0.39 is 5.97 Å². The Morgan fingerprint density at radius 2 is 2.10 bits per heavy atom. The molecule has 0 aromatic carbocycles. The summed E-state index contributed by atoms with van der Waals surface area (Å²) in [6.45, 7) is 2.59. The Hall–Kier alpha value is -2.17. The van der Waals surface area contributed by atoms with Crippen molar-refractivity contribution >= 4 is 5.97 Å². The zero-order valence-corrected chi connectivity index (χ0v) is 11.5. The third-order valence-corrected chi connectivity index (χ3v) is 3.77. The molecule has 0 aliphatic heterocycles. The maximum absolute atomic E-state index is 11.0. The van der Waals surface area contributed by atoms with Gasteiger partial charge >= 0.3 is 5.97 Å². The number of aryl methyl sites for hydroxylation is 2.